The third-order valence-electron chi connectivity index (χ3n) is 4.66. The molecule has 1 N–H and O–H groups in total. The molecule has 0 aromatic heterocycles. The van der Waals surface area contributed by atoms with Crippen molar-refractivity contribution in [2.24, 2.45) is 5.92 Å². The average Bonchev–Trinajstić information content (AvgIpc) is 3.23. The quantitative estimate of drug-likeness (QED) is 0.836. The summed E-state index contributed by atoms with van der Waals surface area (Å²) < 4.78 is 5.50. The van der Waals surface area contributed by atoms with Crippen LogP contribution in [0.15, 0.2) is 0 Å². The third-order valence-corrected chi connectivity index (χ3v) is 4.66. The molecule has 0 aromatic carbocycles. The first kappa shape index (κ1) is 17.6. The molecule has 0 spiro atoms. The maximum atomic E-state index is 12.2. The smallest absolute Gasteiger partial charge is 0.410 e. The summed E-state index contributed by atoms with van der Waals surface area (Å²) in [6.45, 7) is 9.70. The normalized spacial score (nSPS) is 24.7. The van der Waals surface area contributed by atoms with Crippen LogP contribution in [0.4, 0.5) is 4.79 Å². The number of likely N-dealkylation sites (tertiary alicyclic amines) is 1. The molecule has 22 heavy (non-hydrogen) atoms. The number of nitrogens with zero attached hydrogens (tertiary/aromatic N) is 1. The minimum absolute atomic E-state index is 0.154. The summed E-state index contributed by atoms with van der Waals surface area (Å²) >= 11 is 0. The van der Waals surface area contributed by atoms with Gasteiger partial charge in [0, 0.05) is 25.2 Å². The Hall–Kier alpha value is -0.770. The van der Waals surface area contributed by atoms with Crippen LogP contribution in [-0.2, 0) is 4.74 Å². The SMILES string of the molecule is CCC(CC1CC1)NC1CCCN(C(=O)OC(C)(C)C)CC1. The van der Waals surface area contributed by atoms with Crippen LogP contribution in [0, 0.1) is 5.92 Å². The molecule has 2 fully saturated rings. The van der Waals surface area contributed by atoms with E-state index in [0.29, 0.717) is 12.1 Å². The van der Waals surface area contributed by atoms with E-state index in [0.717, 1.165) is 31.8 Å². The number of carbonyl (C=O) groups is 1. The van der Waals surface area contributed by atoms with Gasteiger partial charge in [-0.2, -0.15) is 0 Å². The zero-order chi connectivity index (χ0) is 16.2. The van der Waals surface area contributed by atoms with E-state index in [1.54, 1.807) is 0 Å². The van der Waals surface area contributed by atoms with Crippen LogP contribution in [0.5, 0.6) is 0 Å². The van der Waals surface area contributed by atoms with Gasteiger partial charge in [0.1, 0.15) is 5.60 Å². The highest BCUT2D eigenvalue weighted by molar-refractivity contribution is 5.68. The lowest BCUT2D eigenvalue weighted by Crippen LogP contribution is -2.40. The maximum absolute atomic E-state index is 12.2. The van der Waals surface area contributed by atoms with Gasteiger partial charge in [-0.05, 0) is 58.8 Å². The third kappa shape index (κ3) is 6.15. The Kier molecular flexibility index (Phi) is 6.13. The first-order chi connectivity index (χ1) is 10.4. The van der Waals surface area contributed by atoms with Crippen molar-refractivity contribution in [1.29, 1.82) is 0 Å². The topological polar surface area (TPSA) is 41.6 Å². The fourth-order valence-electron chi connectivity index (χ4n) is 3.21. The van der Waals surface area contributed by atoms with E-state index < -0.39 is 5.60 Å². The molecule has 1 amide bonds. The van der Waals surface area contributed by atoms with Crippen molar-refractivity contribution in [3.05, 3.63) is 0 Å². The summed E-state index contributed by atoms with van der Waals surface area (Å²) in [6, 6.07) is 1.21. The van der Waals surface area contributed by atoms with Gasteiger partial charge < -0.3 is 15.0 Å². The second-order valence-corrected chi connectivity index (χ2v) is 8.05. The van der Waals surface area contributed by atoms with Crippen molar-refractivity contribution in [3.63, 3.8) is 0 Å². The number of carbonyl (C=O) groups excluding carboxylic acids is 1. The summed E-state index contributed by atoms with van der Waals surface area (Å²) in [7, 11) is 0. The molecule has 1 aliphatic carbocycles. The van der Waals surface area contributed by atoms with Crippen molar-refractivity contribution in [2.45, 2.75) is 90.3 Å². The monoisotopic (exact) mass is 310 g/mol. The second-order valence-electron chi connectivity index (χ2n) is 8.05. The van der Waals surface area contributed by atoms with Gasteiger partial charge >= 0.3 is 6.09 Å². The number of amides is 1. The zero-order valence-electron chi connectivity index (χ0n) is 14.9. The van der Waals surface area contributed by atoms with E-state index in [9.17, 15) is 4.79 Å². The molecule has 2 unspecified atom stereocenters. The molecule has 0 radical (unpaired) electrons. The van der Waals surface area contributed by atoms with Crippen LogP contribution >= 0.6 is 0 Å². The van der Waals surface area contributed by atoms with E-state index in [1.807, 2.05) is 25.7 Å². The van der Waals surface area contributed by atoms with E-state index in [4.69, 9.17) is 4.74 Å². The summed E-state index contributed by atoms with van der Waals surface area (Å²) in [5.41, 5.74) is -0.404. The van der Waals surface area contributed by atoms with Gasteiger partial charge in [-0.3, -0.25) is 0 Å². The van der Waals surface area contributed by atoms with Gasteiger partial charge in [-0.15, -0.1) is 0 Å². The lowest BCUT2D eigenvalue weighted by molar-refractivity contribution is 0.0256. The molecule has 0 bridgehead atoms. The van der Waals surface area contributed by atoms with Crippen molar-refractivity contribution in [3.8, 4) is 0 Å². The van der Waals surface area contributed by atoms with Crippen molar-refractivity contribution < 1.29 is 9.53 Å². The Labute approximate surface area is 136 Å². The fourth-order valence-corrected chi connectivity index (χ4v) is 3.21. The minimum atomic E-state index is -0.404. The van der Waals surface area contributed by atoms with Crippen molar-refractivity contribution >= 4 is 6.09 Å². The molecule has 2 rings (SSSR count). The summed E-state index contributed by atoms with van der Waals surface area (Å²) in [6.07, 6.45) is 8.52. The highest BCUT2D eigenvalue weighted by Gasteiger charge is 2.28. The second kappa shape index (κ2) is 7.67. The van der Waals surface area contributed by atoms with Gasteiger partial charge in [0.15, 0.2) is 0 Å². The molecular weight excluding hydrogens is 276 g/mol. The fraction of sp³-hybridized carbons (Fsp3) is 0.944. The van der Waals surface area contributed by atoms with Crippen molar-refractivity contribution in [2.75, 3.05) is 13.1 Å². The largest absolute Gasteiger partial charge is 0.444 e. The minimum Gasteiger partial charge on any atom is -0.444 e. The molecule has 2 atom stereocenters. The first-order valence-corrected chi connectivity index (χ1v) is 9.11. The number of hydrogen-bond donors (Lipinski definition) is 1. The lowest BCUT2D eigenvalue weighted by atomic mass is 10.0. The number of hydrogen-bond acceptors (Lipinski definition) is 3. The average molecular weight is 310 g/mol. The molecular formula is C18H34N2O2. The lowest BCUT2D eigenvalue weighted by Gasteiger charge is -2.27. The molecule has 1 aliphatic heterocycles. The zero-order valence-corrected chi connectivity index (χ0v) is 14.9. The molecule has 1 saturated heterocycles. The van der Waals surface area contributed by atoms with Crippen LogP contribution in [0.3, 0.4) is 0 Å². The van der Waals surface area contributed by atoms with E-state index in [2.05, 4.69) is 12.2 Å². The Morgan fingerprint density at radius 1 is 1.23 bits per heavy atom. The molecule has 4 heteroatoms. The number of ether oxygens (including phenoxy) is 1. The van der Waals surface area contributed by atoms with Gasteiger partial charge in [-0.25, -0.2) is 4.79 Å². The molecule has 4 nitrogen and oxygen atoms in total. The van der Waals surface area contributed by atoms with E-state index in [1.165, 1.54) is 32.1 Å². The van der Waals surface area contributed by atoms with Crippen LogP contribution < -0.4 is 5.32 Å². The Balaban J connectivity index is 1.77. The van der Waals surface area contributed by atoms with Crippen LogP contribution in [0.25, 0.3) is 0 Å². The Morgan fingerprint density at radius 3 is 2.55 bits per heavy atom. The van der Waals surface area contributed by atoms with Crippen LogP contribution in [-0.4, -0.2) is 41.8 Å². The summed E-state index contributed by atoms with van der Waals surface area (Å²) in [5, 5.41) is 3.85. The number of nitrogens with one attached hydrogen (secondary N) is 1. The van der Waals surface area contributed by atoms with Crippen LogP contribution in [0.1, 0.15) is 72.6 Å². The molecule has 0 aromatic rings. The first-order valence-electron chi connectivity index (χ1n) is 9.11. The highest BCUT2D eigenvalue weighted by Crippen LogP contribution is 2.34. The highest BCUT2D eigenvalue weighted by atomic mass is 16.6. The Morgan fingerprint density at radius 2 is 1.95 bits per heavy atom. The van der Waals surface area contributed by atoms with Gasteiger partial charge in [-0.1, -0.05) is 19.8 Å². The molecule has 128 valence electrons. The van der Waals surface area contributed by atoms with E-state index >= 15 is 0 Å². The summed E-state index contributed by atoms with van der Waals surface area (Å²) in [5.74, 6) is 0.974. The van der Waals surface area contributed by atoms with Gasteiger partial charge in [0.25, 0.3) is 0 Å². The van der Waals surface area contributed by atoms with Gasteiger partial charge in [0.2, 0.25) is 0 Å². The maximum Gasteiger partial charge on any atom is 0.410 e. The molecule has 1 saturated carbocycles. The molecule has 1 heterocycles. The Bertz CT molecular complexity index is 361. The van der Waals surface area contributed by atoms with Crippen molar-refractivity contribution in [1.82, 2.24) is 10.2 Å². The standard InChI is InChI=1S/C18H34N2O2/c1-5-15(13-14-8-9-14)19-16-7-6-11-20(12-10-16)17(21)22-18(2,3)4/h14-16,19H,5-13H2,1-4H3. The predicted octanol–water partition coefficient (Wildman–Crippen LogP) is 3.94. The van der Waals surface area contributed by atoms with Gasteiger partial charge in [0.05, 0.1) is 0 Å². The number of rotatable bonds is 5. The van der Waals surface area contributed by atoms with E-state index in [-0.39, 0.29) is 6.09 Å². The predicted molar refractivity (Wildman–Crippen MR) is 90.0 cm³/mol. The van der Waals surface area contributed by atoms with Crippen LogP contribution in [0.2, 0.25) is 0 Å². The molecule has 2 aliphatic rings. The summed E-state index contributed by atoms with van der Waals surface area (Å²) in [4.78, 5) is 14.1.